The SMILES string of the molecule is CCc1ccc([C@H](CC)NC)c(C=O)c1. The van der Waals surface area contributed by atoms with Gasteiger partial charge in [-0.2, -0.15) is 0 Å². The van der Waals surface area contributed by atoms with E-state index in [1.165, 1.54) is 5.56 Å². The number of carbonyl (C=O) groups excluding carboxylic acids is 1. The summed E-state index contributed by atoms with van der Waals surface area (Å²) in [5.41, 5.74) is 3.13. The van der Waals surface area contributed by atoms with Gasteiger partial charge in [-0.1, -0.05) is 26.0 Å². The van der Waals surface area contributed by atoms with Gasteiger partial charge in [0.25, 0.3) is 0 Å². The minimum Gasteiger partial charge on any atom is -0.313 e. The van der Waals surface area contributed by atoms with Gasteiger partial charge in [-0.05, 0) is 37.1 Å². The molecule has 1 aromatic rings. The Hall–Kier alpha value is -1.15. The molecular weight excluding hydrogens is 186 g/mol. The minimum atomic E-state index is 0.274. The van der Waals surface area contributed by atoms with Gasteiger partial charge in [0.1, 0.15) is 6.29 Å². The lowest BCUT2D eigenvalue weighted by Gasteiger charge is -2.16. The highest BCUT2D eigenvalue weighted by atomic mass is 16.1. The molecule has 1 aromatic carbocycles. The van der Waals surface area contributed by atoms with Crippen LogP contribution >= 0.6 is 0 Å². The lowest BCUT2D eigenvalue weighted by molar-refractivity contribution is 0.112. The summed E-state index contributed by atoms with van der Waals surface area (Å²) < 4.78 is 0. The average Bonchev–Trinajstić information content (AvgIpc) is 2.31. The summed E-state index contributed by atoms with van der Waals surface area (Å²) in [5, 5.41) is 3.22. The van der Waals surface area contributed by atoms with Gasteiger partial charge in [-0.25, -0.2) is 0 Å². The summed E-state index contributed by atoms with van der Waals surface area (Å²) >= 11 is 0. The number of hydrogen-bond acceptors (Lipinski definition) is 2. The van der Waals surface area contributed by atoms with Crippen LogP contribution in [0.5, 0.6) is 0 Å². The highest BCUT2D eigenvalue weighted by molar-refractivity contribution is 5.78. The highest BCUT2D eigenvalue weighted by Crippen LogP contribution is 2.21. The summed E-state index contributed by atoms with van der Waals surface area (Å²) in [6.07, 6.45) is 2.91. The molecule has 1 atom stereocenters. The van der Waals surface area contributed by atoms with E-state index < -0.39 is 0 Å². The smallest absolute Gasteiger partial charge is 0.150 e. The first-order chi connectivity index (χ1) is 7.26. The Balaban J connectivity index is 3.11. The molecule has 0 radical (unpaired) electrons. The quantitative estimate of drug-likeness (QED) is 0.749. The van der Waals surface area contributed by atoms with Gasteiger partial charge in [-0.15, -0.1) is 0 Å². The normalized spacial score (nSPS) is 12.5. The van der Waals surface area contributed by atoms with Crippen molar-refractivity contribution in [2.45, 2.75) is 32.7 Å². The summed E-state index contributed by atoms with van der Waals surface area (Å²) in [5.74, 6) is 0. The van der Waals surface area contributed by atoms with Crippen LogP contribution in [0.2, 0.25) is 0 Å². The fourth-order valence-electron chi connectivity index (χ4n) is 1.84. The number of carbonyl (C=O) groups is 1. The number of aryl methyl sites for hydroxylation is 1. The third-order valence-electron chi connectivity index (χ3n) is 2.82. The largest absolute Gasteiger partial charge is 0.313 e. The van der Waals surface area contributed by atoms with Crippen molar-refractivity contribution in [3.63, 3.8) is 0 Å². The number of rotatable bonds is 5. The van der Waals surface area contributed by atoms with Crippen molar-refractivity contribution >= 4 is 6.29 Å². The highest BCUT2D eigenvalue weighted by Gasteiger charge is 2.11. The molecule has 0 unspecified atom stereocenters. The van der Waals surface area contributed by atoms with Gasteiger partial charge in [0.15, 0.2) is 0 Å². The van der Waals surface area contributed by atoms with Crippen LogP contribution in [-0.4, -0.2) is 13.3 Å². The van der Waals surface area contributed by atoms with E-state index in [0.717, 1.165) is 30.3 Å². The van der Waals surface area contributed by atoms with Crippen LogP contribution in [0, 0.1) is 0 Å². The fraction of sp³-hybridized carbons (Fsp3) is 0.462. The zero-order valence-electron chi connectivity index (χ0n) is 9.71. The maximum Gasteiger partial charge on any atom is 0.150 e. The number of aldehydes is 1. The monoisotopic (exact) mass is 205 g/mol. The topological polar surface area (TPSA) is 29.1 Å². The zero-order chi connectivity index (χ0) is 11.3. The van der Waals surface area contributed by atoms with E-state index in [1.807, 2.05) is 13.1 Å². The maximum atomic E-state index is 11.0. The molecule has 0 saturated heterocycles. The first-order valence-electron chi connectivity index (χ1n) is 5.52. The molecule has 1 N–H and O–H groups in total. The Morgan fingerprint density at radius 2 is 2.13 bits per heavy atom. The second-order valence-corrected chi connectivity index (χ2v) is 3.68. The summed E-state index contributed by atoms with van der Waals surface area (Å²) in [4.78, 5) is 11.0. The van der Waals surface area contributed by atoms with Crippen LogP contribution in [0.1, 0.15) is 47.8 Å². The Kier molecular flexibility index (Phi) is 4.50. The molecular formula is C13H19NO. The van der Waals surface area contributed by atoms with Gasteiger partial charge in [0.05, 0.1) is 0 Å². The molecule has 0 aliphatic carbocycles. The Bertz CT molecular complexity index is 329. The molecule has 82 valence electrons. The molecule has 2 heteroatoms. The van der Waals surface area contributed by atoms with E-state index in [9.17, 15) is 4.79 Å². The van der Waals surface area contributed by atoms with Gasteiger partial charge >= 0.3 is 0 Å². The van der Waals surface area contributed by atoms with Crippen LogP contribution in [0.25, 0.3) is 0 Å². The molecule has 0 amide bonds. The van der Waals surface area contributed by atoms with E-state index >= 15 is 0 Å². The molecule has 0 aliphatic rings. The van der Waals surface area contributed by atoms with E-state index in [-0.39, 0.29) is 6.04 Å². The second kappa shape index (κ2) is 5.66. The number of benzene rings is 1. The Morgan fingerprint density at radius 1 is 1.40 bits per heavy atom. The van der Waals surface area contributed by atoms with Gasteiger partial charge in [0.2, 0.25) is 0 Å². The van der Waals surface area contributed by atoms with Gasteiger partial charge in [-0.3, -0.25) is 4.79 Å². The lowest BCUT2D eigenvalue weighted by Crippen LogP contribution is -2.17. The first kappa shape index (κ1) is 11.9. The summed E-state index contributed by atoms with van der Waals surface area (Å²) in [6.45, 7) is 4.21. The third kappa shape index (κ3) is 2.66. The van der Waals surface area contributed by atoms with Crippen molar-refractivity contribution in [1.29, 1.82) is 0 Å². The zero-order valence-corrected chi connectivity index (χ0v) is 9.71. The van der Waals surface area contributed by atoms with Crippen molar-refractivity contribution in [2.24, 2.45) is 0 Å². The maximum absolute atomic E-state index is 11.0. The molecule has 0 heterocycles. The predicted octanol–water partition coefficient (Wildman–Crippen LogP) is 2.73. The first-order valence-corrected chi connectivity index (χ1v) is 5.52. The van der Waals surface area contributed by atoms with E-state index in [4.69, 9.17) is 0 Å². The van der Waals surface area contributed by atoms with Crippen LogP contribution < -0.4 is 5.32 Å². The van der Waals surface area contributed by atoms with Crippen LogP contribution in [0.4, 0.5) is 0 Å². The lowest BCUT2D eigenvalue weighted by atomic mass is 9.96. The standard InChI is InChI=1S/C13H19NO/c1-4-10-6-7-12(11(8-10)9-15)13(5-2)14-3/h6-9,13-14H,4-5H2,1-3H3/t13-/m0/s1. The Morgan fingerprint density at radius 3 is 2.60 bits per heavy atom. The fourth-order valence-corrected chi connectivity index (χ4v) is 1.84. The van der Waals surface area contributed by atoms with Crippen LogP contribution in [0.3, 0.4) is 0 Å². The van der Waals surface area contributed by atoms with Crippen molar-refractivity contribution in [2.75, 3.05) is 7.05 Å². The predicted molar refractivity (Wildman–Crippen MR) is 63.3 cm³/mol. The van der Waals surface area contributed by atoms with E-state index in [1.54, 1.807) is 0 Å². The van der Waals surface area contributed by atoms with Crippen molar-refractivity contribution < 1.29 is 4.79 Å². The van der Waals surface area contributed by atoms with Gasteiger partial charge in [0, 0.05) is 11.6 Å². The molecule has 2 nitrogen and oxygen atoms in total. The molecule has 0 spiro atoms. The molecule has 0 aromatic heterocycles. The summed E-state index contributed by atoms with van der Waals surface area (Å²) in [6, 6.07) is 6.42. The van der Waals surface area contributed by atoms with Crippen molar-refractivity contribution in [1.82, 2.24) is 5.32 Å². The van der Waals surface area contributed by atoms with Crippen LogP contribution in [-0.2, 0) is 6.42 Å². The second-order valence-electron chi connectivity index (χ2n) is 3.68. The number of nitrogens with one attached hydrogen (secondary N) is 1. The minimum absolute atomic E-state index is 0.274. The van der Waals surface area contributed by atoms with E-state index in [0.29, 0.717) is 0 Å². The molecule has 1 rings (SSSR count). The molecule has 0 bridgehead atoms. The average molecular weight is 205 g/mol. The van der Waals surface area contributed by atoms with Crippen molar-refractivity contribution in [3.8, 4) is 0 Å². The molecule has 0 aliphatic heterocycles. The van der Waals surface area contributed by atoms with Gasteiger partial charge < -0.3 is 5.32 Å². The van der Waals surface area contributed by atoms with Crippen molar-refractivity contribution in [3.05, 3.63) is 34.9 Å². The molecule has 15 heavy (non-hydrogen) atoms. The number of hydrogen-bond donors (Lipinski definition) is 1. The Labute approximate surface area is 91.7 Å². The molecule has 0 saturated carbocycles. The van der Waals surface area contributed by atoms with E-state index in [2.05, 4.69) is 31.3 Å². The van der Waals surface area contributed by atoms with Crippen LogP contribution in [0.15, 0.2) is 18.2 Å². The summed E-state index contributed by atoms with van der Waals surface area (Å²) in [7, 11) is 1.93. The molecule has 0 fully saturated rings. The third-order valence-corrected chi connectivity index (χ3v) is 2.82.